The summed E-state index contributed by atoms with van der Waals surface area (Å²) < 4.78 is 5.70. The van der Waals surface area contributed by atoms with Crippen LogP contribution in [0.2, 0.25) is 5.02 Å². The maximum atomic E-state index is 12.2. The van der Waals surface area contributed by atoms with E-state index in [0.29, 0.717) is 35.4 Å². The topological polar surface area (TPSA) is 63.2 Å². The number of anilines is 1. The second-order valence-electron chi connectivity index (χ2n) is 6.54. The normalized spacial score (nSPS) is 14.8. The highest BCUT2D eigenvalue weighted by molar-refractivity contribution is 6.32. The molecule has 0 bridgehead atoms. The number of hydrogen-bond acceptors (Lipinski definition) is 4. The van der Waals surface area contributed by atoms with Crippen LogP contribution in [0, 0.1) is 5.92 Å². The predicted octanol–water partition coefficient (Wildman–Crippen LogP) is 4.03. The molecule has 1 aliphatic rings. The molecule has 0 unspecified atom stereocenters. The molecule has 1 aromatic carbocycles. The second kappa shape index (κ2) is 9.55. The van der Waals surface area contributed by atoms with Crippen LogP contribution in [0.4, 0.5) is 5.69 Å². The third kappa shape index (κ3) is 5.71. The van der Waals surface area contributed by atoms with Crippen molar-refractivity contribution in [2.75, 3.05) is 18.4 Å². The van der Waals surface area contributed by atoms with Gasteiger partial charge in [0.25, 0.3) is 0 Å². The molecule has 6 heteroatoms. The predicted molar refractivity (Wildman–Crippen MR) is 103 cm³/mol. The molecule has 2 heterocycles. The summed E-state index contributed by atoms with van der Waals surface area (Å²) in [5, 5.41) is 6.73. The Kier molecular flexibility index (Phi) is 6.86. The van der Waals surface area contributed by atoms with Gasteiger partial charge in [-0.25, -0.2) is 0 Å². The Balaban J connectivity index is 1.47. The fraction of sp³-hybridized carbons (Fsp3) is 0.400. The Morgan fingerprint density at radius 1 is 1.27 bits per heavy atom. The summed E-state index contributed by atoms with van der Waals surface area (Å²) in [5.74, 6) is 1.25. The van der Waals surface area contributed by atoms with Gasteiger partial charge in [0, 0.05) is 18.3 Å². The van der Waals surface area contributed by atoms with Crippen molar-refractivity contribution in [1.82, 2.24) is 10.3 Å². The molecule has 2 aromatic rings. The largest absolute Gasteiger partial charge is 0.486 e. The van der Waals surface area contributed by atoms with Crippen LogP contribution >= 0.6 is 11.6 Å². The number of carbonyl (C=O) groups excluding carboxylic acids is 1. The van der Waals surface area contributed by atoms with Crippen LogP contribution in [0.5, 0.6) is 5.75 Å². The van der Waals surface area contributed by atoms with Crippen molar-refractivity contribution in [2.45, 2.75) is 32.3 Å². The number of piperidine rings is 1. The van der Waals surface area contributed by atoms with Crippen LogP contribution in [0.25, 0.3) is 0 Å². The van der Waals surface area contributed by atoms with Crippen molar-refractivity contribution < 1.29 is 9.53 Å². The lowest BCUT2D eigenvalue weighted by atomic mass is 9.93. The van der Waals surface area contributed by atoms with E-state index in [0.717, 1.165) is 38.0 Å². The van der Waals surface area contributed by atoms with Gasteiger partial charge in [0.05, 0.1) is 10.7 Å². The van der Waals surface area contributed by atoms with Gasteiger partial charge in [-0.3, -0.25) is 9.78 Å². The van der Waals surface area contributed by atoms with E-state index < -0.39 is 0 Å². The van der Waals surface area contributed by atoms with E-state index in [-0.39, 0.29) is 5.91 Å². The van der Waals surface area contributed by atoms with Crippen LogP contribution in [-0.2, 0) is 11.4 Å². The van der Waals surface area contributed by atoms with E-state index in [1.807, 2.05) is 24.3 Å². The van der Waals surface area contributed by atoms with Gasteiger partial charge in [0.2, 0.25) is 5.91 Å². The van der Waals surface area contributed by atoms with Crippen molar-refractivity contribution >= 4 is 23.2 Å². The maximum Gasteiger partial charge on any atom is 0.224 e. The Hall–Kier alpha value is -2.11. The third-order valence-corrected chi connectivity index (χ3v) is 4.85. The van der Waals surface area contributed by atoms with Crippen molar-refractivity contribution in [3.8, 4) is 5.75 Å². The molecular weight excluding hydrogens is 350 g/mol. The molecule has 1 fully saturated rings. The molecule has 1 saturated heterocycles. The summed E-state index contributed by atoms with van der Waals surface area (Å²) in [6, 6.07) is 11.0. The number of halogens is 1. The van der Waals surface area contributed by atoms with Gasteiger partial charge < -0.3 is 15.4 Å². The zero-order valence-electron chi connectivity index (χ0n) is 14.7. The first-order valence-electron chi connectivity index (χ1n) is 9.03. The number of pyridine rings is 1. The highest BCUT2D eigenvalue weighted by Gasteiger charge is 2.15. The zero-order valence-corrected chi connectivity index (χ0v) is 15.5. The Bertz CT molecular complexity index is 718. The zero-order chi connectivity index (χ0) is 18.2. The molecule has 3 rings (SSSR count). The van der Waals surface area contributed by atoms with Crippen LogP contribution < -0.4 is 15.4 Å². The van der Waals surface area contributed by atoms with Crippen LogP contribution in [0.3, 0.4) is 0 Å². The minimum Gasteiger partial charge on any atom is -0.486 e. The first-order valence-corrected chi connectivity index (χ1v) is 9.41. The molecule has 1 aromatic heterocycles. The highest BCUT2D eigenvalue weighted by atomic mass is 35.5. The van der Waals surface area contributed by atoms with Crippen molar-refractivity contribution in [1.29, 1.82) is 0 Å². The fourth-order valence-electron chi connectivity index (χ4n) is 3.06. The van der Waals surface area contributed by atoms with Gasteiger partial charge in [0.1, 0.15) is 12.4 Å². The smallest absolute Gasteiger partial charge is 0.224 e. The molecule has 1 aliphatic heterocycles. The standard InChI is InChI=1S/C20H24ClN3O2/c21-18-13-16(24-20(25)7-4-15-8-11-22-12-9-15)5-6-19(18)26-14-17-3-1-2-10-23-17/h1-3,5-6,10,13,15,22H,4,7-9,11-12,14H2,(H,24,25). The lowest BCUT2D eigenvalue weighted by molar-refractivity contribution is -0.116. The Morgan fingerprint density at radius 3 is 2.85 bits per heavy atom. The lowest BCUT2D eigenvalue weighted by Crippen LogP contribution is -2.28. The number of carbonyl (C=O) groups is 1. The Labute approximate surface area is 159 Å². The van der Waals surface area contributed by atoms with E-state index in [1.165, 1.54) is 0 Å². The minimum absolute atomic E-state index is 0.0294. The number of benzene rings is 1. The summed E-state index contributed by atoms with van der Waals surface area (Å²) in [7, 11) is 0. The molecular formula is C20H24ClN3O2. The summed E-state index contributed by atoms with van der Waals surface area (Å²) in [6.45, 7) is 2.46. The molecule has 5 nitrogen and oxygen atoms in total. The van der Waals surface area contributed by atoms with Crippen molar-refractivity contribution in [3.05, 3.63) is 53.3 Å². The first kappa shape index (κ1) is 18.7. The molecule has 0 spiro atoms. The van der Waals surface area contributed by atoms with Gasteiger partial charge in [-0.15, -0.1) is 0 Å². The number of amides is 1. The van der Waals surface area contributed by atoms with Crippen LogP contribution in [0.1, 0.15) is 31.4 Å². The van der Waals surface area contributed by atoms with E-state index in [1.54, 1.807) is 18.3 Å². The van der Waals surface area contributed by atoms with Crippen molar-refractivity contribution in [2.24, 2.45) is 5.92 Å². The number of nitrogens with zero attached hydrogens (tertiary/aromatic N) is 1. The minimum atomic E-state index is 0.0294. The fourth-order valence-corrected chi connectivity index (χ4v) is 3.30. The maximum absolute atomic E-state index is 12.2. The molecule has 26 heavy (non-hydrogen) atoms. The number of rotatable bonds is 7. The van der Waals surface area contributed by atoms with Crippen LogP contribution in [-0.4, -0.2) is 24.0 Å². The summed E-state index contributed by atoms with van der Waals surface area (Å²) in [5.41, 5.74) is 1.52. The average Bonchev–Trinajstić information content (AvgIpc) is 2.67. The average molecular weight is 374 g/mol. The highest BCUT2D eigenvalue weighted by Crippen LogP contribution is 2.28. The summed E-state index contributed by atoms with van der Waals surface area (Å²) >= 11 is 6.27. The molecule has 0 atom stereocenters. The number of aromatic nitrogens is 1. The summed E-state index contributed by atoms with van der Waals surface area (Å²) in [6.07, 6.45) is 5.51. The third-order valence-electron chi connectivity index (χ3n) is 4.56. The monoisotopic (exact) mass is 373 g/mol. The number of ether oxygens (including phenoxy) is 1. The van der Waals surface area contributed by atoms with E-state index >= 15 is 0 Å². The SMILES string of the molecule is O=C(CCC1CCNCC1)Nc1ccc(OCc2ccccn2)c(Cl)c1. The lowest BCUT2D eigenvalue weighted by Gasteiger charge is -2.22. The van der Waals surface area contributed by atoms with E-state index in [2.05, 4.69) is 15.6 Å². The number of hydrogen-bond donors (Lipinski definition) is 2. The van der Waals surface area contributed by atoms with Crippen LogP contribution in [0.15, 0.2) is 42.6 Å². The first-order chi connectivity index (χ1) is 12.7. The number of nitrogens with one attached hydrogen (secondary N) is 2. The van der Waals surface area contributed by atoms with Gasteiger partial charge >= 0.3 is 0 Å². The van der Waals surface area contributed by atoms with E-state index in [9.17, 15) is 4.79 Å². The van der Waals surface area contributed by atoms with Gasteiger partial charge in [-0.1, -0.05) is 17.7 Å². The Morgan fingerprint density at radius 2 is 2.12 bits per heavy atom. The van der Waals surface area contributed by atoms with Gasteiger partial charge in [-0.2, -0.15) is 0 Å². The molecule has 0 aliphatic carbocycles. The molecule has 0 radical (unpaired) electrons. The molecule has 1 amide bonds. The van der Waals surface area contributed by atoms with Gasteiger partial charge in [0.15, 0.2) is 0 Å². The molecule has 138 valence electrons. The second-order valence-corrected chi connectivity index (χ2v) is 6.94. The van der Waals surface area contributed by atoms with E-state index in [4.69, 9.17) is 16.3 Å². The van der Waals surface area contributed by atoms with Crippen molar-refractivity contribution in [3.63, 3.8) is 0 Å². The molecule has 2 N–H and O–H groups in total. The summed E-state index contributed by atoms with van der Waals surface area (Å²) in [4.78, 5) is 16.4. The van der Waals surface area contributed by atoms with Gasteiger partial charge in [-0.05, 0) is 68.6 Å². The quantitative estimate of drug-likeness (QED) is 0.769. The molecule has 0 saturated carbocycles.